The van der Waals surface area contributed by atoms with Crippen molar-refractivity contribution in [1.82, 2.24) is 5.32 Å². The fourth-order valence-corrected chi connectivity index (χ4v) is 2.84. The van der Waals surface area contributed by atoms with Crippen molar-refractivity contribution < 1.29 is 14.3 Å². The van der Waals surface area contributed by atoms with Crippen LogP contribution in [0.15, 0.2) is 36.4 Å². The van der Waals surface area contributed by atoms with Gasteiger partial charge in [-0.3, -0.25) is 4.79 Å². The fourth-order valence-electron chi connectivity index (χ4n) is 1.87. The summed E-state index contributed by atoms with van der Waals surface area (Å²) in [6.07, 6.45) is 3.24. The number of rotatable bonds is 4. The number of halogens is 1. The molecule has 0 unspecified atom stereocenters. The first kappa shape index (κ1) is 14.0. The molecule has 1 aromatic heterocycles. The maximum Gasteiger partial charge on any atom is 0.244 e. The minimum Gasteiger partial charge on any atom is -0.454 e. The van der Waals surface area contributed by atoms with E-state index in [1.165, 1.54) is 17.4 Å². The van der Waals surface area contributed by atoms with Crippen LogP contribution in [-0.2, 0) is 11.3 Å². The summed E-state index contributed by atoms with van der Waals surface area (Å²) in [6, 6.07) is 9.28. The SMILES string of the molecule is O=C(C=Cc1ccc(Cl)s1)NCc1ccc2c(c1)OCO2. The maximum absolute atomic E-state index is 11.7. The van der Waals surface area contributed by atoms with Crippen LogP contribution in [0.4, 0.5) is 0 Å². The molecular formula is C15H12ClNO3S. The number of hydrogen-bond acceptors (Lipinski definition) is 4. The molecule has 0 aliphatic carbocycles. The molecule has 1 aromatic carbocycles. The van der Waals surface area contributed by atoms with Crippen molar-refractivity contribution >= 4 is 34.9 Å². The van der Waals surface area contributed by atoms with E-state index < -0.39 is 0 Å². The standard InChI is InChI=1S/C15H12ClNO3S/c16-14-5-2-11(21-14)3-6-15(18)17-8-10-1-4-12-13(7-10)20-9-19-12/h1-7H,8-9H2,(H,17,18). The lowest BCUT2D eigenvalue weighted by Crippen LogP contribution is -2.20. The van der Waals surface area contributed by atoms with E-state index >= 15 is 0 Å². The van der Waals surface area contributed by atoms with E-state index in [1.54, 1.807) is 12.1 Å². The van der Waals surface area contributed by atoms with Crippen LogP contribution in [0.25, 0.3) is 6.08 Å². The van der Waals surface area contributed by atoms with E-state index in [9.17, 15) is 4.79 Å². The molecule has 0 atom stereocenters. The zero-order chi connectivity index (χ0) is 14.7. The molecule has 0 saturated carbocycles. The van der Waals surface area contributed by atoms with Gasteiger partial charge in [0.15, 0.2) is 11.5 Å². The highest BCUT2D eigenvalue weighted by atomic mass is 35.5. The predicted octanol–water partition coefficient (Wildman–Crippen LogP) is 3.46. The number of amides is 1. The van der Waals surface area contributed by atoms with Gasteiger partial charge in [0.2, 0.25) is 12.7 Å². The van der Waals surface area contributed by atoms with Crippen molar-refractivity contribution in [3.8, 4) is 11.5 Å². The molecule has 4 nitrogen and oxygen atoms in total. The van der Waals surface area contributed by atoms with Crippen LogP contribution in [-0.4, -0.2) is 12.7 Å². The molecule has 0 radical (unpaired) electrons. The lowest BCUT2D eigenvalue weighted by Gasteiger charge is -2.03. The van der Waals surface area contributed by atoms with Crippen LogP contribution in [0.3, 0.4) is 0 Å². The molecule has 108 valence electrons. The Balaban J connectivity index is 1.55. The summed E-state index contributed by atoms with van der Waals surface area (Å²) in [7, 11) is 0. The molecular weight excluding hydrogens is 310 g/mol. The largest absolute Gasteiger partial charge is 0.454 e. The zero-order valence-electron chi connectivity index (χ0n) is 11.0. The predicted molar refractivity (Wildman–Crippen MR) is 82.8 cm³/mol. The van der Waals surface area contributed by atoms with Gasteiger partial charge in [-0.15, -0.1) is 11.3 Å². The van der Waals surface area contributed by atoms with E-state index in [2.05, 4.69) is 5.32 Å². The average molecular weight is 322 g/mol. The monoisotopic (exact) mass is 321 g/mol. The van der Waals surface area contributed by atoms with Gasteiger partial charge in [-0.25, -0.2) is 0 Å². The molecule has 0 bridgehead atoms. The lowest BCUT2D eigenvalue weighted by molar-refractivity contribution is -0.116. The third-order valence-electron chi connectivity index (χ3n) is 2.90. The third kappa shape index (κ3) is 3.56. The maximum atomic E-state index is 11.7. The summed E-state index contributed by atoms with van der Waals surface area (Å²) in [5, 5.41) is 2.82. The van der Waals surface area contributed by atoms with Crippen molar-refractivity contribution in [3.05, 3.63) is 51.2 Å². The number of nitrogens with one attached hydrogen (secondary N) is 1. The molecule has 21 heavy (non-hydrogen) atoms. The Morgan fingerprint density at radius 1 is 1.29 bits per heavy atom. The molecule has 3 rings (SSSR count). The number of benzene rings is 1. The van der Waals surface area contributed by atoms with Gasteiger partial charge in [0.25, 0.3) is 0 Å². The third-order valence-corrected chi connectivity index (χ3v) is 4.09. The number of hydrogen-bond donors (Lipinski definition) is 1. The number of thiophene rings is 1. The van der Waals surface area contributed by atoms with Gasteiger partial charge in [0, 0.05) is 17.5 Å². The first-order valence-corrected chi connectivity index (χ1v) is 7.50. The van der Waals surface area contributed by atoms with Crippen LogP contribution in [0.1, 0.15) is 10.4 Å². The molecule has 0 fully saturated rings. The Bertz CT molecular complexity index is 696. The minimum atomic E-state index is -0.155. The lowest BCUT2D eigenvalue weighted by atomic mass is 10.2. The molecule has 6 heteroatoms. The van der Waals surface area contributed by atoms with E-state index in [-0.39, 0.29) is 12.7 Å². The van der Waals surface area contributed by atoms with Crippen LogP contribution in [0, 0.1) is 0 Å². The topological polar surface area (TPSA) is 47.6 Å². The van der Waals surface area contributed by atoms with E-state index in [1.807, 2.05) is 24.3 Å². The Hall–Kier alpha value is -1.98. The Morgan fingerprint density at radius 3 is 2.95 bits per heavy atom. The zero-order valence-corrected chi connectivity index (χ0v) is 12.5. The first-order valence-electron chi connectivity index (χ1n) is 6.30. The van der Waals surface area contributed by atoms with Gasteiger partial charge in [0.05, 0.1) is 4.34 Å². The summed E-state index contributed by atoms with van der Waals surface area (Å²) in [5.41, 5.74) is 0.958. The van der Waals surface area contributed by atoms with E-state index in [0.29, 0.717) is 16.6 Å². The molecule has 1 aliphatic rings. The van der Waals surface area contributed by atoms with Crippen LogP contribution < -0.4 is 14.8 Å². The normalized spacial score (nSPS) is 12.8. The summed E-state index contributed by atoms with van der Waals surface area (Å²) in [6.45, 7) is 0.683. The molecule has 0 saturated heterocycles. The number of carbonyl (C=O) groups is 1. The summed E-state index contributed by atoms with van der Waals surface area (Å²) < 4.78 is 11.2. The Kier molecular flexibility index (Phi) is 4.13. The van der Waals surface area contributed by atoms with Crippen molar-refractivity contribution in [3.63, 3.8) is 0 Å². The fraction of sp³-hybridized carbons (Fsp3) is 0.133. The van der Waals surface area contributed by atoms with Gasteiger partial charge in [-0.1, -0.05) is 17.7 Å². The number of ether oxygens (including phenoxy) is 2. The van der Waals surface area contributed by atoms with Crippen LogP contribution >= 0.6 is 22.9 Å². The highest BCUT2D eigenvalue weighted by molar-refractivity contribution is 7.17. The number of carbonyl (C=O) groups excluding carboxylic acids is 1. The summed E-state index contributed by atoms with van der Waals surface area (Å²) in [5.74, 6) is 1.29. The van der Waals surface area contributed by atoms with Gasteiger partial charge < -0.3 is 14.8 Å². The summed E-state index contributed by atoms with van der Waals surface area (Å²) in [4.78, 5) is 12.7. The molecule has 1 amide bonds. The smallest absolute Gasteiger partial charge is 0.244 e. The summed E-state index contributed by atoms with van der Waals surface area (Å²) >= 11 is 7.25. The van der Waals surface area contributed by atoms with Crippen molar-refractivity contribution in [2.24, 2.45) is 0 Å². The molecule has 1 aliphatic heterocycles. The second-order valence-corrected chi connectivity index (χ2v) is 6.13. The van der Waals surface area contributed by atoms with Crippen molar-refractivity contribution in [1.29, 1.82) is 0 Å². The Morgan fingerprint density at radius 2 is 2.14 bits per heavy atom. The second-order valence-electron chi connectivity index (χ2n) is 4.38. The molecule has 0 spiro atoms. The second kappa shape index (κ2) is 6.20. The van der Waals surface area contributed by atoms with E-state index in [4.69, 9.17) is 21.1 Å². The van der Waals surface area contributed by atoms with Crippen LogP contribution in [0.5, 0.6) is 11.5 Å². The quantitative estimate of drug-likeness (QED) is 0.877. The van der Waals surface area contributed by atoms with Crippen molar-refractivity contribution in [2.75, 3.05) is 6.79 Å². The first-order chi connectivity index (χ1) is 10.2. The van der Waals surface area contributed by atoms with Gasteiger partial charge in [0.1, 0.15) is 0 Å². The van der Waals surface area contributed by atoms with Gasteiger partial charge >= 0.3 is 0 Å². The van der Waals surface area contributed by atoms with Gasteiger partial charge in [-0.2, -0.15) is 0 Å². The van der Waals surface area contributed by atoms with Gasteiger partial charge in [-0.05, 0) is 35.9 Å². The highest BCUT2D eigenvalue weighted by Crippen LogP contribution is 2.32. The number of fused-ring (bicyclic) bond motifs is 1. The highest BCUT2D eigenvalue weighted by Gasteiger charge is 2.13. The molecule has 2 heterocycles. The molecule has 2 aromatic rings. The van der Waals surface area contributed by atoms with Crippen LogP contribution in [0.2, 0.25) is 4.34 Å². The average Bonchev–Trinajstić information content (AvgIpc) is 3.10. The Labute approximate surface area is 130 Å². The van der Waals surface area contributed by atoms with Crippen molar-refractivity contribution in [2.45, 2.75) is 6.54 Å². The molecule has 1 N–H and O–H groups in total. The minimum absolute atomic E-state index is 0.155. The van der Waals surface area contributed by atoms with E-state index in [0.717, 1.165) is 16.2 Å².